The van der Waals surface area contributed by atoms with Crippen LogP contribution in [0.3, 0.4) is 0 Å². The van der Waals surface area contributed by atoms with Crippen molar-refractivity contribution >= 4 is 15.9 Å². The lowest BCUT2D eigenvalue weighted by atomic mass is 9.96. The van der Waals surface area contributed by atoms with E-state index >= 15 is 0 Å². The van der Waals surface area contributed by atoms with Gasteiger partial charge in [-0.2, -0.15) is 0 Å². The third-order valence-corrected chi connectivity index (χ3v) is 6.46. The molecule has 0 spiro atoms. The van der Waals surface area contributed by atoms with Crippen molar-refractivity contribution in [3.63, 3.8) is 0 Å². The molecule has 1 atom stereocenters. The molecule has 1 aliphatic carbocycles. The van der Waals surface area contributed by atoms with E-state index in [-0.39, 0.29) is 23.8 Å². The summed E-state index contributed by atoms with van der Waals surface area (Å²) in [5.74, 6) is 1.14. The Bertz CT molecular complexity index is 794. The van der Waals surface area contributed by atoms with Gasteiger partial charge in [-0.15, -0.1) is 0 Å². The first kappa shape index (κ1) is 19.9. The summed E-state index contributed by atoms with van der Waals surface area (Å²) in [5, 5.41) is 2.94. The number of hydrogen-bond donors (Lipinski definition) is 3. The highest BCUT2D eigenvalue weighted by molar-refractivity contribution is 7.89. The van der Waals surface area contributed by atoms with E-state index in [4.69, 9.17) is 15.2 Å². The van der Waals surface area contributed by atoms with E-state index in [2.05, 4.69) is 10.0 Å². The second-order valence-electron chi connectivity index (χ2n) is 7.25. The summed E-state index contributed by atoms with van der Waals surface area (Å²) in [4.78, 5) is 12.2. The third kappa shape index (κ3) is 4.91. The average molecular weight is 397 g/mol. The first-order valence-electron chi connectivity index (χ1n) is 9.24. The Balaban J connectivity index is 1.55. The highest BCUT2D eigenvalue weighted by atomic mass is 32.2. The number of nitrogens with one attached hydrogen (secondary N) is 2. The van der Waals surface area contributed by atoms with Crippen LogP contribution in [0.1, 0.15) is 32.6 Å². The monoisotopic (exact) mass is 397 g/mol. The fourth-order valence-corrected chi connectivity index (χ4v) is 4.16. The van der Waals surface area contributed by atoms with E-state index in [0.717, 1.165) is 19.3 Å². The van der Waals surface area contributed by atoms with Crippen LogP contribution in [0.25, 0.3) is 0 Å². The Morgan fingerprint density at radius 3 is 2.63 bits per heavy atom. The van der Waals surface area contributed by atoms with Crippen LogP contribution >= 0.6 is 0 Å². The highest BCUT2D eigenvalue weighted by Crippen LogP contribution is 2.39. The fourth-order valence-electron chi connectivity index (χ4n) is 3.11. The molecule has 0 saturated heterocycles. The number of nitrogens with two attached hydrogens (primary N) is 1. The van der Waals surface area contributed by atoms with Crippen LogP contribution in [-0.4, -0.2) is 46.2 Å². The Morgan fingerprint density at radius 2 is 1.96 bits per heavy atom. The van der Waals surface area contributed by atoms with Gasteiger partial charge in [-0.25, -0.2) is 13.1 Å². The van der Waals surface area contributed by atoms with Crippen LogP contribution in [0.15, 0.2) is 23.1 Å². The summed E-state index contributed by atoms with van der Waals surface area (Å²) in [6, 6.07) is 4.50. The number of benzene rings is 1. The molecule has 150 valence electrons. The number of hydrogen-bond acceptors (Lipinski definition) is 6. The molecule has 9 heteroatoms. The van der Waals surface area contributed by atoms with Crippen LogP contribution in [0.2, 0.25) is 0 Å². The number of carbonyl (C=O) groups excluding carboxylic acids is 1. The molecule has 1 amide bonds. The van der Waals surface area contributed by atoms with E-state index in [0.29, 0.717) is 37.2 Å². The summed E-state index contributed by atoms with van der Waals surface area (Å²) in [7, 11) is -3.74. The van der Waals surface area contributed by atoms with Crippen LogP contribution in [0.5, 0.6) is 11.5 Å². The summed E-state index contributed by atoms with van der Waals surface area (Å²) >= 11 is 0. The van der Waals surface area contributed by atoms with Crippen molar-refractivity contribution in [1.29, 1.82) is 0 Å². The Hall–Kier alpha value is -1.84. The average Bonchev–Trinajstić information content (AvgIpc) is 3.47. The van der Waals surface area contributed by atoms with E-state index in [1.54, 1.807) is 6.07 Å². The first-order chi connectivity index (χ1) is 12.8. The van der Waals surface area contributed by atoms with Crippen LogP contribution in [0, 0.1) is 5.92 Å². The van der Waals surface area contributed by atoms with E-state index in [1.165, 1.54) is 12.1 Å². The standard InChI is InChI=1S/C18H27N3O5S/c1-18(12-19,13-3-4-13)21-17(22)7-8-20-27(23,24)14-5-6-15-16(11-14)26-10-2-9-25-15/h5-6,11,13,20H,2-4,7-10,12,19H2,1H3,(H,21,22). The molecule has 1 unspecified atom stereocenters. The Morgan fingerprint density at radius 1 is 1.26 bits per heavy atom. The lowest BCUT2D eigenvalue weighted by Gasteiger charge is -2.29. The molecule has 1 fully saturated rings. The topological polar surface area (TPSA) is 120 Å². The maximum Gasteiger partial charge on any atom is 0.240 e. The smallest absolute Gasteiger partial charge is 0.240 e. The maximum atomic E-state index is 12.5. The number of amides is 1. The van der Waals surface area contributed by atoms with Gasteiger partial charge in [0, 0.05) is 32.0 Å². The minimum Gasteiger partial charge on any atom is -0.490 e. The summed E-state index contributed by atoms with van der Waals surface area (Å²) in [6.45, 7) is 3.32. The van der Waals surface area contributed by atoms with Gasteiger partial charge in [-0.3, -0.25) is 4.79 Å². The normalized spacial score (nSPS) is 19.0. The predicted molar refractivity (Wildman–Crippen MR) is 100 cm³/mol. The first-order valence-corrected chi connectivity index (χ1v) is 10.7. The van der Waals surface area contributed by atoms with Gasteiger partial charge in [0.05, 0.1) is 23.6 Å². The molecule has 1 aromatic rings. The molecule has 1 saturated carbocycles. The van der Waals surface area contributed by atoms with E-state index in [9.17, 15) is 13.2 Å². The van der Waals surface area contributed by atoms with Gasteiger partial charge in [0.2, 0.25) is 15.9 Å². The molecule has 27 heavy (non-hydrogen) atoms. The number of ether oxygens (including phenoxy) is 2. The molecule has 8 nitrogen and oxygen atoms in total. The van der Waals surface area contributed by atoms with E-state index in [1.807, 2.05) is 6.92 Å². The zero-order valence-corrected chi connectivity index (χ0v) is 16.3. The summed E-state index contributed by atoms with van der Waals surface area (Å²) in [5.41, 5.74) is 5.38. The fraction of sp³-hybridized carbons (Fsp3) is 0.611. The molecule has 4 N–H and O–H groups in total. The SMILES string of the molecule is CC(CN)(NC(=O)CCNS(=O)(=O)c1ccc2c(c1)OCCCO2)C1CC1. The van der Waals surface area contributed by atoms with Gasteiger partial charge >= 0.3 is 0 Å². The number of sulfonamides is 1. The minimum atomic E-state index is -3.74. The van der Waals surface area contributed by atoms with Crippen molar-refractivity contribution in [1.82, 2.24) is 10.0 Å². The molecular formula is C18H27N3O5S. The van der Waals surface area contributed by atoms with Gasteiger partial charge in [0.25, 0.3) is 0 Å². The van der Waals surface area contributed by atoms with Crippen molar-refractivity contribution in [2.24, 2.45) is 11.7 Å². The van der Waals surface area contributed by atoms with Gasteiger partial charge in [-0.05, 0) is 37.8 Å². The van der Waals surface area contributed by atoms with Gasteiger partial charge < -0.3 is 20.5 Å². The molecular weight excluding hydrogens is 370 g/mol. The second kappa shape index (κ2) is 8.04. The lowest BCUT2D eigenvalue weighted by molar-refractivity contribution is -0.122. The molecule has 0 bridgehead atoms. The van der Waals surface area contributed by atoms with Crippen LogP contribution < -0.4 is 25.2 Å². The van der Waals surface area contributed by atoms with Crippen molar-refractivity contribution in [3.05, 3.63) is 18.2 Å². The van der Waals surface area contributed by atoms with Crippen molar-refractivity contribution in [2.75, 3.05) is 26.3 Å². The van der Waals surface area contributed by atoms with E-state index < -0.39 is 15.6 Å². The van der Waals surface area contributed by atoms with Crippen LogP contribution in [0.4, 0.5) is 0 Å². The molecule has 1 heterocycles. The van der Waals surface area contributed by atoms with Crippen molar-refractivity contribution in [2.45, 2.75) is 43.0 Å². The predicted octanol–water partition coefficient (Wildman–Crippen LogP) is 0.760. The minimum absolute atomic E-state index is 0.00786. The third-order valence-electron chi connectivity index (χ3n) is 5.00. The Kier molecular flexibility index (Phi) is 5.92. The highest BCUT2D eigenvalue weighted by Gasteiger charge is 2.41. The molecule has 1 aromatic carbocycles. The zero-order valence-electron chi connectivity index (χ0n) is 15.5. The summed E-state index contributed by atoms with van der Waals surface area (Å²) in [6.07, 6.45) is 2.91. The second-order valence-corrected chi connectivity index (χ2v) is 9.02. The largest absolute Gasteiger partial charge is 0.490 e. The molecule has 0 aromatic heterocycles. The number of fused-ring (bicyclic) bond motifs is 1. The quantitative estimate of drug-likeness (QED) is 0.596. The summed E-state index contributed by atoms with van der Waals surface area (Å²) < 4.78 is 38.5. The zero-order chi connectivity index (χ0) is 19.5. The van der Waals surface area contributed by atoms with Crippen LogP contribution in [-0.2, 0) is 14.8 Å². The van der Waals surface area contributed by atoms with Crippen molar-refractivity contribution in [3.8, 4) is 11.5 Å². The number of carbonyl (C=O) groups is 1. The van der Waals surface area contributed by atoms with Gasteiger partial charge in [0.1, 0.15) is 0 Å². The molecule has 2 aliphatic rings. The van der Waals surface area contributed by atoms with Gasteiger partial charge in [-0.1, -0.05) is 0 Å². The molecule has 1 aliphatic heterocycles. The number of rotatable bonds is 8. The Labute approximate surface area is 159 Å². The molecule has 0 radical (unpaired) electrons. The van der Waals surface area contributed by atoms with Gasteiger partial charge in [0.15, 0.2) is 11.5 Å². The lowest BCUT2D eigenvalue weighted by Crippen LogP contribution is -2.53. The molecule has 3 rings (SSSR count). The maximum absolute atomic E-state index is 12.5. The van der Waals surface area contributed by atoms with Crippen molar-refractivity contribution < 1.29 is 22.7 Å².